The van der Waals surface area contributed by atoms with Crippen molar-refractivity contribution in [1.29, 1.82) is 0 Å². The molecule has 0 aromatic carbocycles. The van der Waals surface area contributed by atoms with E-state index in [1.165, 1.54) is 0 Å². The molecule has 2 aromatic heterocycles. The molecule has 0 unspecified atom stereocenters. The lowest BCUT2D eigenvalue weighted by Crippen LogP contribution is -1.89. The third-order valence-corrected chi connectivity index (χ3v) is 2.46. The molecule has 0 atom stereocenters. The van der Waals surface area contributed by atoms with Gasteiger partial charge in [-0.15, -0.1) is 0 Å². The molecule has 2 aromatic rings. The lowest BCUT2D eigenvalue weighted by molar-refractivity contribution is 0.276. The number of hydrogen-bond acceptors (Lipinski definition) is 2. The van der Waals surface area contributed by atoms with Crippen LogP contribution in [0.25, 0.3) is 5.52 Å². The Morgan fingerprint density at radius 3 is 3.08 bits per heavy atom. The van der Waals surface area contributed by atoms with Crippen molar-refractivity contribution in [3.05, 3.63) is 34.6 Å². The Morgan fingerprint density at radius 1 is 1.62 bits per heavy atom. The molecule has 0 aliphatic carbocycles. The van der Waals surface area contributed by atoms with Gasteiger partial charge in [0.1, 0.15) is 0 Å². The van der Waals surface area contributed by atoms with E-state index in [0.717, 1.165) is 16.1 Å². The van der Waals surface area contributed by atoms with Crippen LogP contribution in [0.3, 0.4) is 0 Å². The molecule has 0 saturated carbocycles. The second kappa shape index (κ2) is 3.01. The summed E-state index contributed by atoms with van der Waals surface area (Å²) < 4.78 is 1.72. The summed E-state index contributed by atoms with van der Waals surface area (Å²) in [6.45, 7) is 1.89. The molecule has 0 amide bonds. The average Bonchev–Trinajstić information content (AvgIpc) is 2.55. The zero-order chi connectivity index (χ0) is 9.42. The van der Waals surface area contributed by atoms with Gasteiger partial charge in [-0.2, -0.15) is 5.10 Å². The van der Waals surface area contributed by atoms with Gasteiger partial charge in [0, 0.05) is 11.2 Å². The van der Waals surface area contributed by atoms with Crippen LogP contribution in [0.2, 0.25) is 5.02 Å². The van der Waals surface area contributed by atoms with Gasteiger partial charge in [0.25, 0.3) is 0 Å². The van der Waals surface area contributed by atoms with Crippen molar-refractivity contribution in [3.63, 3.8) is 0 Å². The number of fused-ring (bicyclic) bond motifs is 1. The van der Waals surface area contributed by atoms with Crippen molar-refractivity contribution in [2.75, 3.05) is 0 Å². The summed E-state index contributed by atoms with van der Waals surface area (Å²) in [4.78, 5) is 0. The minimum Gasteiger partial charge on any atom is -0.390 e. The van der Waals surface area contributed by atoms with E-state index in [1.807, 2.05) is 13.0 Å². The molecular formula is C9H9ClN2O. The van der Waals surface area contributed by atoms with Crippen LogP contribution >= 0.6 is 11.6 Å². The molecule has 1 N–H and O–H groups in total. The highest BCUT2D eigenvalue weighted by atomic mass is 35.5. The molecule has 0 aliphatic rings. The van der Waals surface area contributed by atoms with Gasteiger partial charge in [-0.25, -0.2) is 4.52 Å². The normalized spacial score (nSPS) is 11.0. The first-order valence-electron chi connectivity index (χ1n) is 3.96. The zero-order valence-electron chi connectivity index (χ0n) is 7.16. The predicted octanol–water partition coefficient (Wildman–Crippen LogP) is 1.79. The van der Waals surface area contributed by atoms with E-state index >= 15 is 0 Å². The second-order valence-corrected chi connectivity index (χ2v) is 3.32. The van der Waals surface area contributed by atoms with Crippen LogP contribution in [0.15, 0.2) is 18.3 Å². The van der Waals surface area contributed by atoms with E-state index in [0.29, 0.717) is 5.69 Å². The molecule has 68 valence electrons. The molecule has 0 spiro atoms. The molecule has 13 heavy (non-hydrogen) atoms. The molecule has 0 bridgehead atoms. The van der Waals surface area contributed by atoms with Crippen molar-refractivity contribution in [1.82, 2.24) is 9.61 Å². The molecule has 3 nitrogen and oxygen atoms in total. The van der Waals surface area contributed by atoms with Crippen molar-refractivity contribution in [2.45, 2.75) is 13.5 Å². The Hall–Kier alpha value is -1.06. The van der Waals surface area contributed by atoms with Crippen LogP contribution in [0.4, 0.5) is 0 Å². The Labute approximate surface area is 80.6 Å². The minimum absolute atomic E-state index is 0.0429. The number of aromatic nitrogens is 2. The number of nitrogens with zero attached hydrogens (tertiary/aromatic N) is 2. The van der Waals surface area contributed by atoms with E-state index in [1.54, 1.807) is 16.8 Å². The number of rotatable bonds is 1. The van der Waals surface area contributed by atoms with Crippen molar-refractivity contribution < 1.29 is 5.11 Å². The first-order chi connectivity index (χ1) is 6.22. The van der Waals surface area contributed by atoms with Crippen LogP contribution in [-0.2, 0) is 6.61 Å². The maximum Gasteiger partial charge on any atom is 0.0889 e. The van der Waals surface area contributed by atoms with Crippen LogP contribution in [0, 0.1) is 6.92 Å². The molecule has 2 heterocycles. The molecule has 0 aliphatic heterocycles. The van der Waals surface area contributed by atoms with E-state index in [2.05, 4.69) is 5.10 Å². The molecule has 0 radical (unpaired) electrons. The number of hydrogen-bond donors (Lipinski definition) is 1. The largest absolute Gasteiger partial charge is 0.390 e. The fourth-order valence-corrected chi connectivity index (χ4v) is 1.45. The monoisotopic (exact) mass is 196 g/mol. The lowest BCUT2D eigenvalue weighted by atomic mass is 10.2. The molecule has 2 rings (SSSR count). The van der Waals surface area contributed by atoms with Gasteiger partial charge in [-0.1, -0.05) is 11.6 Å². The van der Waals surface area contributed by atoms with Gasteiger partial charge in [0.2, 0.25) is 0 Å². The Bertz CT molecular complexity index is 450. The smallest absolute Gasteiger partial charge is 0.0889 e. The van der Waals surface area contributed by atoms with Crippen molar-refractivity contribution in [2.24, 2.45) is 0 Å². The third-order valence-electron chi connectivity index (χ3n) is 2.05. The van der Waals surface area contributed by atoms with Crippen LogP contribution in [0.5, 0.6) is 0 Å². The van der Waals surface area contributed by atoms with E-state index in [-0.39, 0.29) is 6.61 Å². The topological polar surface area (TPSA) is 37.5 Å². The summed E-state index contributed by atoms with van der Waals surface area (Å²) in [5, 5.41) is 13.8. The number of aliphatic hydroxyl groups is 1. The summed E-state index contributed by atoms with van der Waals surface area (Å²) in [7, 11) is 0. The maximum atomic E-state index is 8.89. The fraction of sp³-hybridized carbons (Fsp3) is 0.222. The summed E-state index contributed by atoms with van der Waals surface area (Å²) in [5.41, 5.74) is 2.58. The summed E-state index contributed by atoms with van der Waals surface area (Å²) >= 11 is 5.94. The van der Waals surface area contributed by atoms with Gasteiger partial charge < -0.3 is 5.11 Å². The first-order valence-corrected chi connectivity index (χ1v) is 4.34. The highest BCUT2D eigenvalue weighted by Crippen LogP contribution is 2.20. The second-order valence-electron chi connectivity index (χ2n) is 2.91. The van der Waals surface area contributed by atoms with Crippen LogP contribution in [0.1, 0.15) is 11.3 Å². The quantitative estimate of drug-likeness (QED) is 0.755. The molecule has 0 fully saturated rings. The van der Waals surface area contributed by atoms with Gasteiger partial charge in [0.05, 0.1) is 17.8 Å². The van der Waals surface area contributed by atoms with Crippen LogP contribution in [-0.4, -0.2) is 14.7 Å². The standard InChI is InChI=1S/C9H9ClN2O/c1-6-8(10)2-3-12-9(6)4-7(5-13)11-12/h2-4,13H,5H2,1H3. The lowest BCUT2D eigenvalue weighted by Gasteiger charge is -1.98. The van der Waals surface area contributed by atoms with Crippen molar-refractivity contribution >= 4 is 17.1 Å². The number of halogens is 1. The Kier molecular flexibility index (Phi) is 1.98. The van der Waals surface area contributed by atoms with Gasteiger partial charge in [0.15, 0.2) is 0 Å². The summed E-state index contributed by atoms with van der Waals surface area (Å²) in [6, 6.07) is 3.62. The van der Waals surface area contributed by atoms with E-state index in [9.17, 15) is 0 Å². The minimum atomic E-state index is -0.0429. The fourth-order valence-electron chi connectivity index (χ4n) is 1.30. The Balaban J connectivity index is 2.76. The highest BCUT2D eigenvalue weighted by molar-refractivity contribution is 6.31. The average molecular weight is 197 g/mol. The number of aliphatic hydroxyl groups excluding tert-OH is 1. The third kappa shape index (κ3) is 1.30. The number of pyridine rings is 1. The Morgan fingerprint density at radius 2 is 2.38 bits per heavy atom. The summed E-state index contributed by atoms with van der Waals surface area (Å²) in [5.74, 6) is 0. The molecule has 0 saturated heterocycles. The van der Waals surface area contributed by atoms with Crippen LogP contribution < -0.4 is 0 Å². The maximum absolute atomic E-state index is 8.89. The van der Waals surface area contributed by atoms with Crippen molar-refractivity contribution in [3.8, 4) is 0 Å². The predicted molar refractivity (Wildman–Crippen MR) is 50.9 cm³/mol. The summed E-state index contributed by atoms with van der Waals surface area (Å²) in [6.07, 6.45) is 1.78. The first kappa shape index (κ1) is 8.53. The SMILES string of the molecule is Cc1c(Cl)ccn2nc(CO)cc12. The van der Waals surface area contributed by atoms with Gasteiger partial charge in [-0.3, -0.25) is 0 Å². The van der Waals surface area contributed by atoms with E-state index in [4.69, 9.17) is 16.7 Å². The van der Waals surface area contributed by atoms with Gasteiger partial charge >= 0.3 is 0 Å². The zero-order valence-corrected chi connectivity index (χ0v) is 7.91. The highest BCUT2D eigenvalue weighted by Gasteiger charge is 2.04. The van der Waals surface area contributed by atoms with E-state index < -0.39 is 0 Å². The molecule has 4 heteroatoms. The number of aryl methyl sites for hydroxylation is 1. The van der Waals surface area contributed by atoms with Gasteiger partial charge in [-0.05, 0) is 24.6 Å². The molecular weight excluding hydrogens is 188 g/mol.